The van der Waals surface area contributed by atoms with Gasteiger partial charge in [0.25, 0.3) is 0 Å². The quantitative estimate of drug-likeness (QED) is 0.648. The van der Waals surface area contributed by atoms with Crippen LogP contribution in [0, 0.1) is 13.8 Å². The summed E-state index contributed by atoms with van der Waals surface area (Å²) in [6, 6.07) is 10.7. The Morgan fingerprint density at radius 2 is 1.79 bits per heavy atom. The van der Waals surface area contributed by atoms with Gasteiger partial charge in [-0.3, -0.25) is 0 Å². The zero-order valence-electron chi connectivity index (χ0n) is 16.8. The summed E-state index contributed by atoms with van der Waals surface area (Å²) in [6.45, 7) is 6.04. The summed E-state index contributed by atoms with van der Waals surface area (Å²) in [5.41, 5.74) is 4.72. The summed E-state index contributed by atoms with van der Waals surface area (Å²) in [6.07, 6.45) is 0. The third-order valence-electron chi connectivity index (χ3n) is 4.92. The molecular weight excluding hydrogens is 436 g/mol. The van der Waals surface area contributed by atoms with Gasteiger partial charge >= 0.3 is 12.0 Å². The molecule has 0 radical (unpaired) electrons. The Morgan fingerprint density at radius 3 is 2.45 bits per heavy atom. The lowest BCUT2D eigenvalue weighted by atomic mass is 9.89. The highest BCUT2D eigenvalue weighted by Crippen LogP contribution is 2.31. The lowest BCUT2D eigenvalue weighted by Gasteiger charge is -2.29. The first-order valence-electron chi connectivity index (χ1n) is 9.15. The second kappa shape index (κ2) is 8.69. The molecular formula is C22H23BrN2O4. The molecule has 1 heterocycles. The maximum atomic E-state index is 12.4. The highest BCUT2D eigenvalue weighted by Gasteiger charge is 2.33. The van der Waals surface area contributed by atoms with Gasteiger partial charge in [-0.1, -0.05) is 22.0 Å². The van der Waals surface area contributed by atoms with Crippen LogP contribution in [0.2, 0.25) is 0 Å². The van der Waals surface area contributed by atoms with Crippen LogP contribution in [0.4, 0.5) is 4.79 Å². The van der Waals surface area contributed by atoms with Crippen molar-refractivity contribution in [2.45, 2.75) is 33.4 Å². The van der Waals surface area contributed by atoms with E-state index in [0.29, 0.717) is 17.9 Å². The highest BCUT2D eigenvalue weighted by atomic mass is 79.9. The van der Waals surface area contributed by atoms with E-state index in [9.17, 15) is 9.59 Å². The van der Waals surface area contributed by atoms with E-state index in [-0.39, 0.29) is 6.03 Å². The van der Waals surface area contributed by atoms with Crippen molar-refractivity contribution in [3.05, 3.63) is 74.4 Å². The van der Waals surface area contributed by atoms with Gasteiger partial charge in [-0.25, -0.2) is 9.59 Å². The molecule has 0 saturated heterocycles. The fourth-order valence-corrected chi connectivity index (χ4v) is 3.65. The topological polar surface area (TPSA) is 76.7 Å². The fraction of sp³-hybridized carbons (Fsp3) is 0.273. The molecule has 2 N–H and O–H groups in total. The molecule has 0 bridgehead atoms. The smallest absolute Gasteiger partial charge is 0.337 e. The van der Waals surface area contributed by atoms with Crippen LogP contribution in [0.1, 0.15) is 35.2 Å². The summed E-state index contributed by atoms with van der Waals surface area (Å²) in [7, 11) is 1.33. The number of ether oxygens (including phenoxy) is 2. The Bertz CT molecular complexity index is 983. The van der Waals surface area contributed by atoms with Crippen LogP contribution in [0.5, 0.6) is 5.75 Å². The third-order valence-corrected chi connectivity index (χ3v) is 5.45. The van der Waals surface area contributed by atoms with Crippen molar-refractivity contribution in [2.24, 2.45) is 0 Å². The van der Waals surface area contributed by atoms with Gasteiger partial charge in [0.05, 0.1) is 18.7 Å². The highest BCUT2D eigenvalue weighted by molar-refractivity contribution is 9.10. The van der Waals surface area contributed by atoms with Crippen LogP contribution >= 0.6 is 15.9 Å². The monoisotopic (exact) mass is 458 g/mol. The van der Waals surface area contributed by atoms with E-state index in [1.165, 1.54) is 7.11 Å². The molecule has 6 nitrogen and oxygen atoms in total. The third kappa shape index (κ3) is 4.62. The van der Waals surface area contributed by atoms with Gasteiger partial charge in [-0.15, -0.1) is 0 Å². The molecule has 152 valence electrons. The van der Waals surface area contributed by atoms with Crippen LogP contribution in [-0.2, 0) is 16.1 Å². The Kier molecular flexibility index (Phi) is 6.27. The molecule has 3 rings (SSSR count). The minimum atomic E-state index is -0.594. The van der Waals surface area contributed by atoms with E-state index in [1.807, 2.05) is 50.2 Å². The second-order valence-electron chi connectivity index (χ2n) is 6.94. The molecule has 1 aliphatic rings. The molecule has 0 saturated carbocycles. The maximum absolute atomic E-state index is 12.4. The minimum absolute atomic E-state index is 0.354. The van der Waals surface area contributed by atoms with Crippen molar-refractivity contribution in [1.82, 2.24) is 10.6 Å². The first kappa shape index (κ1) is 20.9. The lowest BCUT2D eigenvalue weighted by molar-refractivity contribution is -0.136. The van der Waals surface area contributed by atoms with Crippen LogP contribution < -0.4 is 15.4 Å². The van der Waals surface area contributed by atoms with Crippen LogP contribution in [0.15, 0.2) is 52.1 Å². The first-order chi connectivity index (χ1) is 13.8. The molecule has 0 spiro atoms. The summed E-state index contributed by atoms with van der Waals surface area (Å²) in [4.78, 5) is 24.4. The summed E-state index contributed by atoms with van der Waals surface area (Å²) < 4.78 is 11.8. The average Bonchev–Trinajstić information content (AvgIpc) is 2.67. The molecule has 2 aromatic carbocycles. The molecule has 1 atom stereocenters. The van der Waals surface area contributed by atoms with Crippen LogP contribution in [0.3, 0.4) is 0 Å². The Labute approximate surface area is 178 Å². The molecule has 1 unspecified atom stereocenters. The van der Waals surface area contributed by atoms with Crippen molar-refractivity contribution in [3.63, 3.8) is 0 Å². The number of rotatable bonds is 5. The summed E-state index contributed by atoms with van der Waals surface area (Å²) in [5.74, 6) is 0.281. The maximum Gasteiger partial charge on any atom is 0.337 e. The largest absolute Gasteiger partial charge is 0.489 e. The van der Waals surface area contributed by atoms with E-state index in [2.05, 4.69) is 26.6 Å². The van der Waals surface area contributed by atoms with Crippen LogP contribution in [-0.4, -0.2) is 19.1 Å². The summed E-state index contributed by atoms with van der Waals surface area (Å²) >= 11 is 3.41. The standard InChI is InChI=1S/C22H23BrN2O4/c1-12-9-13(2)18(10-15(12)11-29-17-7-5-16(23)6-8-17)20-19(21(26)28-4)14(3)24-22(27)25-20/h5-10,20H,11H2,1-4H3,(H2,24,25,27). The van der Waals surface area contributed by atoms with Crippen molar-refractivity contribution in [1.29, 1.82) is 0 Å². The predicted molar refractivity (Wildman–Crippen MR) is 114 cm³/mol. The first-order valence-corrected chi connectivity index (χ1v) is 9.94. The number of urea groups is 1. The molecule has 0 aromatic heterocycles. The van der Waals surface area contributed by atoms with Crippen molar-refractivity contribution in [2.75, 3.05) is 7.11 Å². The number of nitrogens with one attached hydrogen (secondary N) is 2. The van der Waals surface area contributed by atoms with Crippen molar-refractivity contribution >= 4 is 27.9 Å². The predicted octanol–water partition coefficient (Wildman–Crippen LogP) is 4.45. The van der Waals surface area contributed by atoms with Gasteiger partial charge in [0.2, 0.25) is 0 Å². The molecule has 2 amide bonds. The molecule has 7 heteroatoms. The zero-order chi connectivity index (χ0) is 21.1. The van der Waals surface area contributed by atoms with Crippen molar-refractivity contribution < 1.29 is 19.1 Å². The number of amides is 2. The molecule has 0 fully saturated rings. The minimum Gasteiger partial charge on any atom is -0.489 e. The normalized spacial score (nSPS) is 16.2. The number of halogens is 1. The Hall–Kier alpha value is -2.80. The number of aryl methyl sites for hydroxylation is 2. The van der Waals surface area contributed by atoms with Crippen LogP contribution in [0.25, 0.3) is 0 Å². The number of esters is 1. The van der Waals surface area contributed by atoms with Gasteiger partial charge < -0.3 is 20.1 Å². The number of carbonyl (C=O) groups excluding carboxylic acids is 2. The number of hydrogen-bond acceptors (Lipinski definition) is 4. The SMILES string of the molecule is COC(=O)C1=C(C)NC(=O)NC1c1cc(COc2ccc(Br)cc2)c(C)cc1C. The lowest BCUT2D eigenvalue weighted by Crippen LogP contribution is -2.45. The summed E-state index contributed by atoms with van der Waals surface area (Å²) in [5, 5.41) is 5.48. The van der Waals surface area contributed by atoms with E-state index < -0.39 is 12.0 Å². The number of allylic oxidation sites excluding steroid dienone is 1. The fourth-order valence-electron chi connectivity index (χ4n) is 3.38. The van der Waals surface area contributed by atoms with E-state index >= 15 is 0 Å². The van der Waals surface area contributed by atoms with Gasteiger partial charge in [-0.2, -0.15) is 0 Å². The van der Waals surface area contributed by atoms with E-state index in [1.54, 1.807) is 6.92 Å². The number of carbonyl (C=O) groups is 2. The van der Waals surface area contributed by atoms with Gasteiger partial charge in [0.1, 0.15) is 12.4 Å². The van der Waals surface area contributed by atoms with Gasteiger partial charge in [0, 0.05) is 10.2 Å². The zero-order valence-corrected chi connectivity index (χ0v) is 18.3. The molecule has 1 aliphatic heterocycles. The second-order valence-corrected chi connectivity index (χ2v) is 7.86. The van der Waals surface area contributed by atoms with Gasteiger partial charge in [0.15, 0.2) is 0 Å². The molecule has 29 heavy (non-hydrogen) atoms. The van der Waals surface area contributed by atoms with E-state index in [4.69, 9.17) is 9.47 Å². The number of hydrogen-bond donors (Lipinski definition) is 2. The Morgan fingerprint density at radius 1 is 1.10 bits per heavy atom. The number of benzene rings is 2. The van der Waals surface area contributed by atoms with E-state index in [0.717, 1.165) is 32.5 Å². The van der Waals surface area contributed by atoms with Gasteiger partial charge in [-0.05, 0) is 73.4 Å². The average molecular weight is 459 g/mol. The number of methoxy groups -OCH3 is 1. The molecule has 2 aromatic rings. The molecule has 0 aliphatic carbocycles. The Balaban J connectivity index is 1.95. The van der Waals surface area contributed by atoms with Crippen molar-refractivity contribution in [3.8, 4) is 5.75 Å².